The smallest absolute Gasteiger partial charge is 0.225 e. The van der Waals surface area contributed by atoms with Gasteiger partial charge >= 0.3 is 0 Å². The molecule has 0 aromatic carbocycles. The average Bonchev–Trinajstić information content (AvgIpc) is 2.56. The van der Waals surface area contributed by atoms with Crippen LogP contribution in [0.5, 0.6) is 0 Å². The van der Waals surface area contributed by atoms with Crippen LogP contribution < -0.4 is 9.80 Å². The van der Waals surface area contributed by atoms with Crippen LogP contribution in [0.4, 0.5) is 11.6 Å². The van der Waals surface area contributed by atoms with E-state index in [0.717, 1.165) is 18.9 Å². The zero-order valence-corrected chi connectivity index (χ0v) is 14.8. The number of hydrogen-bond donors (Lipinski definition) is 0. The summed E-state index contributed by atoms with van der Waals surface area (Å²) < 4.78 is 11.6. The molecule has 1 aliphatic rings. The van der Waals surface area contributed by atoms with Crippen LogP contribution in [0.3, 0.4) is 0 Å². The molecule has 0 unspecified atom stereocenters. The molecule has 3 rings (SSSR count). The Morgan fingerprint density at radius 3 is 2.52 bits per heavy atom. The summed E-state index contributed by atoms with van der Waals surface area (Å²) >= 11 is 5.40. The summed E-state index contributed by atoms with van der Waals surface area (Å²) in [6.07, 6.45) is 1.54. The molecule has 2 aromatic heterocycles. The molecule has 0 atom stereocenters. The molecular formula is C14H19ClN6OS. The average molecular weight is 355 g/mol. The van der Waals surface area contributed by atoms with Crippen molar-refractivity contribution >= 4 is 45.4 Å². The number of fused-ring (bicyclic) bond motifs is 1. The third kappa shape index (κ3) is 3.29. The predicted octanol–water partition coefficient (Wildman–Crippen LogP) is 1.49. The number of anilines is 2. The first-order valence-corrected chi connectivity index (χ1v) is 9.53. The number of rotatable bonds is 4. The van der Waals surface area contributed by atoms with E-state index >= 15 is 0 Å². The van der Waals surface area contributed by atoms with Gasteiger partial charge in [0, 0.05) is 13.1 Å². The van der Waals surface area contributed by atoms with E-state index in [9.17, 15) is 4.55 Å². The first-order chi connectivity index (χ1) is 11.1. The monoisotopic (exact) mass is 354 g/mol. The van der Waals surface area contributed by atoms with Crippen molar-refractivity contribution in [2.75, 3.05) is 47.5 Å². The second-order valence-electron chi connectivity index (χ2n) is 5.22. The Kier molecular flexibility index (Phi) is 5.03. The zero-order valence-electron chi connectivity index (χ0n) is 13.2. The Morgan fingerprint density at radius 2 is 1.87 bits per heavy atom. The molecule has 0 radical (unpaired) electrons. The van der Waals surface area contributed by atoms with Crippen molar-refractivity contribution in [3.05, 3.63) is 11.6 Å². The molecule has 0 spiro atoms. The van der Waals surface area contributed by atoms with Crippen LogP contribution in [0.25, 0.3) is 11.0 Å². The SMILES string of the molecule is CCN(CC)c1ncnc2c(N3CC[S+]([O-])CC3)nc(Cl)nc12. The Hall–Kier alpha value is -1.38. The second-order valence-corrected chi connectivity index (χ2v) is 7.25. The highest BCUT2D eigenvalue weighted by atomic mass is 35.5. The van der Waals surface area contributed by atoms with E-state index in [0.29, 0.717) is 41.4 Å². The summed E-state index contributed by atoms with van der Waals surface area (Å²) in [6.45, 7) is 7.14. The lowest BCUT2D eigenvalue weighted by Gasteiger charge is -2.29. The fraction of sp³-hybridized carbons (Fsp3) is 0.571. The lowest BCUT2D eigenvalue weighted by molar-refractivity contribution is 0.585. The Bertz CT molecular complexity index is 690. The lowest BCUT2D eigenvalue weighted by atomic mass is 10.3. The van der Waals surface area contributed by atoms with E-state index < -0.39 is 11.2 Å². The zero-order chi connectivity index (χ0) is 16.4. The summed E-state index contributed by atoms with van der Waals surface area (Å²) in [6, 6.07) is 0. The predicted molar refractivity (Wildman–Crippen MR) is 93.8 cm³/mol. The Morgan fingerprint density at radius 1 is 1.17 bits per heavy atom. The molecule has 1 saturated heterocycles. The van der Waals surface area contributed by atoms with Crippen molar-refractivity contribution < 1.29 is 4.55 Å². The van der Waals surface area contributed by atoms with Gasteiger partial charge in [0.05, 0.1) is 13.1 Å². The molecule has 23 heavy (non-hydrogen) atoms. The maximum absolute atomic E-state index is 11.6. The first-order valence-electron chi connectivity index (χ1n) is 7.67. The van der Waals surface area contributed by atoms with Gasteiger partial charge in [0.15, 0.2) is 11.6 Å². The van der Waals surface area contributed by atoms with Gasteiger partial charge in [-0.3, -0.25) is 0 Å². The highest BCUT2D eigenvalue weighted by molar-refractivity contribution is 7.91. The Labute approximate surface area is 143 Å². The largest absolute Gasteiger partial charge is 0.616 e. The molecule has 1 fully saturated rings. The molecule has 0 amide bonds. The molecule has 0 N–H and O–H groups in total. The highest BCUT2D eigenvalue weighted by Crippen LogP contribution is 2.29. The van der Waals surface area contributed by atoms with Crippen LogP contribution in [0.1, 0.15) is 13.8 Å². The minimum Gasteiger partial charge on any atom is -0.616 e. The van der Waals surface area contributed by atoms with Crippen LogP contribution >= 0.6 is 11.6 Å². The third-order valence-corrected chi connectivity index (χ3v) is 5.40. The molecule has 2 aromatic rings. The topological polar surface area (TPSA) is 81.1 Å². The van der Waals surface area contributed by atoms with Gasteiger partial charge in [-0.2, -0.15) is 4.98 Å². The van der Waals surface area contributed by atoms with Crippen molar-refractivity contribution in [2.24, 2.45) is 0 Å². The molecule has 1 aliphatic heterocycles. The summed E-state index contributed by atoms with van der Waals surface area (Å²) in [5, 5.41) is 0.183. The maximum Gasteiger partial charge on any atom is 0.225 e. The fourth-order valence-corrected chi connectivity index (χ4v) is 3.94. The van der Waals surface area contributed by atoms with E-state index in [1.54, 1.807) is 6.33 Å². The minimum atomic E-state index is -0.747. The van der Waals surface area contributed by atoms with Crippen molar-refractivity contribution in [3.63, 3.8) is 0 Å². The minimum absolute atomic E-state index is 0.183. The van der Waals surface area contributed by atoms with E-state index in [1.165, 1.54) is 0 Å². The molecule has 9 heteroatoms. The number of hydrogen-bond acceptors (Lipinski definition) is 7. The van der Waals surface area contributed by atoms with E-state index in [2.05, 4.69) is 43.6 Å². The standard InChI is InChI=1S/C14H19ClN6OS/c1-3-20(4-2)12-11-10(16-9-17-12)13(19-14(15)18-11)21-5-7-23(22)8-6-21/h9H,3-8H2,1-2H3. The fourth-order valence-electron chi connectivity index (χ4n) is 2.72. The van der Waals surface area contributed by atoms with Gasteiger partial charge in [-0.1, -0.05) is 11.2 Å². The van der Waals surface area contributed by atoms with Gasteiger partial charge in [-0.15, -0.1) is 0 Å². The van der Waals surface area contributed by atoms with E-state index in [4.69, 9.17) is 11.6 Å². The number of aromatic nitrogens is 4. The van der Waals surface area contributed by atoms with Gasteiger partial charge in [0.1, 0.15) is 28.9 Å². The second kappa shape index (κ2) is 7.02. The molecule has 0 saturated carbocycles. The molecular weight excluding hydrogens is 336 g/mol. The molecule has 0 bridgehead atoms. The summed E-state index contributed by atoms with van der Waals surface area (Å²) in [4.78, 5) is 21.7. The normalized spacial score (nSPS) is 16.1. The first kappa shape index (κ1) is 16.5. The molecule has 124 valence electrons. The van der Waals surface area contributed by atoms with Crippen molar-refractivity contribution in [2.45, 2.75) is 13.8 Å². The van der Waals surface area contributed by atoms with E-state index in [1.807, 2.05) is 0 Å². The van der Waals surface area contributed by atoms with Crippen LogP contribution in [-0.2, 0) is 11.2 Å². The lowest BCUT2D eigenvalue weighted by Crippen LogP contribution is -2.41. The summed E-state index contributed by atoms with van der Waals surface area (Å²) in [5.41, 5.74) is 1.36. The van der Waals surface area contributed by atoms with Crippen molar-refractivity contribution in [1.29, 1.82) is 0 Å². The van der Waals surface area contributed by atoms with Gasteiger partial charge in [-0.25, -0.2) is 15.0 Å². The van der Waals surface area contributed by atoms with Crippen molar-refractivity contribution in [1.82, 2.24) is 19.9 Å². The van der Waals surface area contributed by atoms with Crippen molar-refractivity contribution in [3.8, 4) is 0 Å². The third-order valence-electron chi connectivity index (χ3n) is 3.96. The molecule has 3 heterocycles. The quantitative estimate of drug-likeness (QED) is 0.607. The van der Waals surface area contributed by atoms with Gasteiger partial charge < -0.3 is 14.4 Å². The maximum atomic E-state index is 11.6. The highest BCUT2D eigenvalue weighted by Gasteiger charge is 2.25. The van der Waals surface area contributed by atoms with E-state index in [-0.39, 0.29) is 5.28 Å². The van der Waals surface area contributed by atoms with Crippen LogP contribution in [0.15, 0.2) is 6.33 Å². The number of halogens is 1. The van der Waals surface area contributed by atoms with Gasteiger partial charge in [0.2, 0.25) is 5.28 Å². The molecule has 7 nitrogen and oxygen atoms in total. The number of nitrogens with zero attached hydrogens (tertiary/aromatic N) is 6. The van der Waals surface area contributed by atoms with Crippen LogP contribution in [0.2, 0.25) is 5.28 Å². The summed E-state index contributed by atoms with van der Waals surface area (Å²) in [5.74, 6) is 2.74. The van der Waals surface area contributed by atoms with Gasteiger partial charge in [-0.05, 0) is 25.4 Å². The summed E-state index contributed by atoms with van der Waals surface area (Å²) in [7, 11) is 0. The Balaban J connectivity index is 2.10. The van der Waals surface area contributed by atoms with Crippen LogP contribution in [-0.4, -0.2) is 62.2 Å². The van der Waals surface area contributed by atoms with Gasteiger partial charge in [0.25, 0.3) is 0 Å². The molecule has 0 aliphatic carbocycles. The van der Waals surface area contributed by atoms with Crippen LogP contribution in [0, 0.1) is 0 Å².